The predicted molar refractivity (Wildman–Crippen MR) is 59.8 cm³/mol. The largest absolute Gasteiger partial charge is 0.335 e. The summed E-state index contributed by atoms with van der Waals surface area (Å²) in [4.78, 5) is 27.2. The van der Waals surface area contributed by atoms with E-state index in [9.17, 15) is 9.59 Å². The van der Waals surface area contributed by atoms with Crippen molar-refractivity contribution in [2.75, 3.05) is 0 Å². The first kappa shape index (κ1) is 10.4. The Morgan fingerprint density at radius 3 is 2.44 bits per heavy atom. The second kappa shape index (κ2) is 3.77. The van der Waals surface area contributed by atoms with Crippen molar-refractivity contribution in [2.24, 2.45) is 7.05 Å². The van der Waals surface area contributed by atoms with Gasteiger partial charge >= 0.3 is 5.69 Å². The van der Waals surface area contributed by atoms with Crippen molar-refractivity contribution >= 4 is 0 Å². The third-order valence-corrected chi connectivity index (χ3v) is 2.40. The van der Waals surface area contributed by atoms with Crippen LogP contribution in [-0.4, -0.2) is 14.1 Å². The minimum Gasteiger partial charge on any atom is -0.269 e. The quantitative estimate of drug-likeness (QED) is 0.687. The van der Waals surface area contributed by atoms with Crippen molar-refractivity contribution in [3.63, 3.8) is 0 Å². The molecule has 0 radical (unpaired) electrons. The van der Waals surface area contributed by atoms with E-state index in [0.717, 1.165) is 4.57 Å². The molecule has 0 saturated heterocycles. The van der Waals surface area contributed by atoms with Crippen molar-refractivity contribution in [1.29, 1.82) is 0 Å². The van der Waals surface area contributed by atoms with E-state index < -0.39 is 0 Å². The molecule has 0 aromatic carbocycles. The summed E-state index contributed by atoms with van der Waals surface area (Å²) in [5.74, 6) is 0. The van der Waals surface area contributed by atoms with Crippen LogP contribution in [0.5, 0.6) is 0 Å². The maximum atomic E-state index is 11.8. The van der Waals surface area contributed by atoms with E-state index in [1.807, 2.05) is 0 Å². The summed E-state index contributed by atoms with van der Waals surface area (Å²) in [7, 11) is 1.47. The van der Waals surface area contributed by atoms with Crippen LogP contribution in [0.15, 0.2) is 40.3 Å². The second-order valence-corrected chi connectivity index (χ2v) is 3.53. The van der Waals surface area contributed by atoms with E-state index in [2.05, 4.69) is 4.98 Å². The summed E-state index contributed by atoms with van der Waals surface area (Å²) in [5.41, 5.74) is 0.592. The van der Waals surface area contributed by atoms with Gasteiger partial charge in [0, 0.05) is 31.2 Å². The molecule has 2 aromatic heterocycles. The van der Waals surface area contributed by atoms with Gasteiger partial charge in [0.25, 0.3) is 5.56 Å². The summed E-state index contributed by atoms with van der Waals surface area (Å²) >= 11 is 0. The summed E-state index contributed by atoms with van der Waals surface area (Å²) in [6, 6.07) is 3.43. The average molecular weight is 217 g/mol. The zero-order valence-electron chi connectivity index (χ0n) is 9.04. The highest BCUT2D eigenvalue weighted by molar-refractivity contribution is 5.29. The first-order valence-electron chi connectivity index (χ1n) is 4.81. The zero-order valence-corrected chi connectivity index (χ0v) is 9.04. The molecule has 0 unspecified atom stereocenters. The smallest absolute Gasteiger partial charge is 0.269 e. The Labute approximate surface area is 91.6 Å². The Kier molecular flexibility index (Phi) is 2.44. The van der Waals surface area contributed by atoms with E-state index in [1.54, 1.807) is 37.6 Å². The van der Waals surface area contributed by atoms with E-state index in [1.165, 1.54) is 11.6 Å². The lowest BCUT2D eigenvalue weighted by Crippen LogP contribution is -2.38. The van der Waals surface area contributed by atoms with Crippen LogP contribution >= 0.6 is 0 Å². The van der Waals surface area contributed by atoms with Gasteiger partial charge in [-0.25, -0.2) is 4.79 Å². The molecular formula is C11H11N3O2. The van der Waals surface area contributed by atoms with Crippen LogP contribution in [0.4, 0.5) is 0 Å². The van der Waals surface area contributed by atoms with Crippen molar-refractivity contribution in [1.82, 2.24) is 14.1 Å². The molecule has 5 heteroatoms. The van der Waals surface area contributed by atoms with Crippen molar-refractivity contribution in [3.8, 4) is 5.69 Å². The number of aryl methyl sites for hydroxylation is 1. The highest BCUT2D eigenvalue weighted by Gasteiger charge is 2.06. The summed E-state index contributed by atoms with van der Waals surface area (Å²) in [6.45, 7) is 1.68. The maximum absolute atomic E-state index is 11.8. The molecular weight excluding hydrogens is 206 g/mol. The topological polar surface area (TPSA) is 56.9 Å². The van der Waals surface area contributed by atoms with Crippen LogP contribution in [0.25, 0.3) is 5.69 Å². The van der Waals surface area contributed by atoms with Crippen LogP contribution in [0.3, 0.4) is 0 Å². The SMILES string of the molecule is Cc1cn(-c2ccncc2)c(=O)n(C)c1=O. The van der Waals surface area contributed by atoms with Gasteiger partial charge in [-0.15, -0.1) is 0 Å². The first-order chi connectivity index (χ1) is 7.61. The zero-order chi connectivity index (χ0) is 11.7. The fraction of sp³-hybridized carbons (Fsp3) is 0.182. The normalized spacial score (nSPS) is 10.4. The Bertz CT molecular complexity index is 626. The number of aromatic nitrogens is 3. The Hall–Kier alpha value is -2.17. The molecule has 0 aliphatic heterocycles. The number of hydrogen-bond donors (Lipinski definition) is 0. The van der Waals surface area contributed by atoms with Gasteiger partial charge in [0.1, 0.15) is 0 Å². The van der Waals surface area contributed by atoms with E-state index in [4.69, 9.17) is 0 Å². The van der Waals surface area contributed by atoms with Crippen LogP contribution in [0, 0.1) is 6.92 Å². The van der Waals surface area contributed by atoms with Gasteiger partial charge in [-0.2, -0.15) is 0 Å². The molecule has 0 fully saturated rings. The van der Waals surface area contributed by atoms with Crippen molar-refractivity contribution in [3.05, 3.63) is 57.1 Å². The average Bonchev–Trinajstić information content (AvgIpc) is 2.32. The fourth-order valence-electron chi connectivity index (χ4n) is 1.51. The summed E-state index contributed by atoms with van der Waals surface area (Å²) in [6.07, 6.45) is 4.74. The molecule has 0 N–H and O–H groups in total. The lowest BCUT2D eigenvalue weighted by atomic mass is 10.3. The maximum Gasteiger partial charge on any atom is 0.335 e. The first-order valence-corrected chi connectivity index (χ1v) is 4.81. The van der Waals surface area contributed by atoms with Gasteiger partial charge in [-0.1, -0.05) is 0 Å². The summed E-state index contributed by atoms with van der Waals surface area (Å²) < 4.78 is 2.52. The van der Waals surface area contributed by atoms with Gasteiger partial charge in [0.05, 0.1) is 5.69 Å². The number of rotatable bonds is 1. The van der Waals surface area contributed by atoms with Gasteiger partial charge in [0.2, 0.25) is 0 Å². The van der Waals surface area contributed by atoms with Gasteiger partial charge in [-0.05, 0) is 19.1 Å². The van der Waals surface area contributed by atoms with Crippen molar-refractivity contribution in [2.45, 2.75) is 6.92 Å². The van der Waals surface area contributed by atoms with Crippen LogP contribution < -0.4 is 11.2 Å². The van der Waals surface area contributed by atoms with Gasteiger partial charge in [0.15, 0.2) is 0 Å². The Morgan fingerprint density at radius 1 is 1.19 bits per heavy atom. The minimum atomic E-state index is -0.359. The Morgan fingerprint density at radius 2 is 1.81 bits per heavy atom. The molecule has 0 aliphatic carbocycles. The van der Waals surface area contributed by atoms with Gasteiger partial charge < -0.3 is 0 Å². The minimum absolute atomic E-state index is 0.268. The number of hydrogen-bond acceptors (Lipinski definition) is 3. The van der Waals surface area contributed by atoms with Crippen molar-refractivity contribution < 1.29 is 0 Å². The molecule has 0 aliphatic rings. The van der Waals surface area contributed by atoms with E-state index in [0.29, 0.717) is 11.3 Å². The standard InChI is InChI=1S/C11H11N3O2/c1-8-7-14(9-3-5-12-6-4-9)11(16)13(2)10(8)15/h3-7H,1-2H3. The lowest BCUT2D eigenvalue weighted by Gasteiger charge is -2.07. The summed E-state index contributed by atoms with van der Waals surface area (Å²) in [5, 5.41) is 0. The lowest BCUT2D eigenvalue weighted by molar-refractivity contribution is 0.718. The monoisotopic (exact) mass is 217 g/mol. The Balaban J connectivity index is 2.78. The van der Waals surface area contributed by atoms with E-state index in [-0.39, 0.29) is 11.2 Å². The molecule has 2 rings (SSSR count). The second-order valence-electron chi connectivity index (χ2n) is 3.53. The molecule has 16 heavy (non-hydrogen) atoms. The molecule has 2 heterocycles. The molecule has 5 nitrogen and oxygen atoms in total. The number of nitrogens with zero attached hydrogens (tertiary/aromatic N) is 3. The third-order valence-electron chi connectivity index (χ3n) is 2.40. The molecule has 0 spiro atoms. The van der Waals surface area contributed by atoms with Crippen LogP contribution in [0.2, 0.25) is 0 Å². The molecule has 0 saturated carbocycles. The fourth-order valence-corrected chi connectivity index (χ4v) is 1.51. The van der Waals surface area contributed by atoms with Gasteiger partial charge in [-0.3, -0.25) is 18.9 Å². The van der Waals surface area contributed by atoms with Crippen LogP contribution in [-0.2, 0) is 7.05 Å². The van der Waals surface area contributed by atoms with Crippen LogP contribution in [0.1, 0.15) is 5.56 Å². The van der Waals surface area contributed by atoms with E-state index >= 15 is 0 Å². The molecule has 0 bridgehead atoms. The molecule has 0 atom stereocenters. The molecule has 0 amide bonds. The molecule has 2 aromatic rings. The number of pyridine rings is 1. The highest BCUT2D eigenvalue weighted by Crippen LogP contribution is 2.01. The third kappa shape index (κ3) is 1.56. The predicted octanol–water partition coefficient (Wildman–Crippen LogP) is 0.240. The highest BCUT2D eigenvalue weighted by atomic mass is 16.2. The molecule has 82 valence electrons.